The van der Waals surface area contributed by atoms with Gasteiger partial charge in [0.05, 0.1) is 5.52 Å². The molecule has 0 unspecified atom stereocenters. The van der Waals surface area contributed by atoms with Crippen molar-refractivity contribution in [1.82, 2.24) is 14.9 Å². The van der Waals surface area contributed by atoms with Crippen molar-refractivity contribution in [2.45, 2.75) is 18.9 Å². The van der Waals surface area contributed by atoms with Crippen LogP contribution in [0.5, 0.6) is 0 Å². The second-order valence-corrected chi connectivity index (χ2v) is 7.12. The van der Waals surface area contributed by atoms with Gasteiger partial charge in [-0.2, -0.15) is 0 Å². The van der Waals surface area contributed by atoms with E-state index in [1.54, 1.807) is 7.05 Å². The lowest BCUT2D eigenvalue weighted by atomic mass is 9.98. The van der Waals surface area contributed by atoms with Gasteiger partial charge in [0.1, 0.15) is 12.1 Å². The van der Waals surface area contributed by atoms with E-state index in [1.165, 1.54) is 11.2 Å². The molecular formula is C22H20N4O2. The Labute approximate surface area is 163 Å². The van der Waals surface area contributed by atoms with Crippen LogP contribution in [0.2, 0.25) is 0 Å². The normalized spacial score (nSPS) is 19.0. The number of carbonyl (C=O) groups excluding carboxylic acids is 1. The largest absolute Gasteiger partial charge is 0.383 e. The number of aromatic nitrogens is 2. The lowest BCUT2D eigenvalue weighted by Gasteiger charge is -2.13. The van der Waals surface area contributed by atoms with Gasteiger partial charge in [-0.25, -0.2) is 9.97 Å². The molecule has 2 heterocycles. The van der Waals surface area contributed by atoms with Gasteiger partial charge in [-0.1, -0.05) is 24.0 Å². The summed E-state index contributed by atoms with van der Waals surface area (Å²) < 4.78 is 0. The van der Waals surface area contributed by atoms with Crippen molar-refractivity contribution in [1.29, 1.82) is 0 Å². The van der Waals surface area contributed by atoms with Crippen LogP contribution in [0.3, 0.4) is 0 Å². The highest BCUT2D eigenvalue weighted by atomic mass is 16.3. The number of nitrogens with two attached hydrogens (primary N) is 1. The molecular weight excluding hydrogens is 352 g/mol. The maximum Gasteiger partial charge on any atom is 0.267 e. The van der Waals surface area contributed by atoms with E-state index in [2.05, 4.69) is 21.8 Å². The minimum absolute atomic E-state index is 0.318. The van der Waals surface area contributed by atoms with Crippen LogP contribution in [0.15, 0.2) is 42.7 Å². The van der Waals surface area contributed by atoms with Gasteiger partial charge in [0, 0.05) is 31.0 Å². The summed E-state index contributed by atoms with van der Waals surface area (Å²) >= 11 is 0. The minimum Gasteiger partial charge on any atom is -0.383 e. The predicted molar refractivity (Wildman–Crippen MR) is 108 cm³/mol. The van der Waals surface area contributed by atoms with Crippen LogP contribution < -0.4 is 5.73 Å². The van der Waals surface area contributed by atoms with E-state index in [4.69, 9.17) is 5.73 Å². The lowest BCUT2D eigenvalue weighted by molar-refractivity contribution is -0.137. The summed E-state index contributed by atoms with van der Waals surface area (Å²) in [6.07, 6.45) is 1.78. The number of hydrogen-bond acceptors (Lipinski definition) is 5. The molecule has 1 aromatic heterocycles. The average Bonchev–Trinajstić information content (AvgIpc) is 2.95. The van der Waals surface area contributed by atoms with Crippen LogP contribution in [0.1, 0.15) is 17.5 Å². The van der Waals surface area contributed by atoms with Crippen LogP contribution in [-0.4, -0.2) is 45.1 Å². The SMILES string of the molecule is Cc1cc(-c2cccc(C#C[C@]3(O)CCN(C)C3=O)c2)cc2c(N)ncnc12. The summed E-state index contributed by atoms with van der Waals surface area (Å²) in [5, 5.41) is 11.3. The Morgan fingerprint density at radius 3 is 2.79 bits per heavy atom. The van der Waals surface area contributed by atoms with Crippen molar-refractivity contribution in [3.05, 3.63) is 53.9 Å². The monoisotopic (exact) mass is 372 g/mol. The van der Waals surface area contributed by atoms with Gasteiger partial charge in [-0.15, -0.1) is 0 Å². The molecule has 28 heavy (non-hydrogen) atoms. The first-order chi connectivity index (χ1) is 13.4. The van der Waals surface area contributed by atoms with Gasteiger partial charge in [-0.3, -0.25) is 4.79 Å². The molecule has 4 rings (SSSR count). The second kappa shape index (κ2) is 6.63. The molecule has 6 heteroatoms. The van der Waals surface area contributed by atoms with Crippen molar-refractivity contribution >= 4 is 22.6 Å². The molecule has 0 bridgehead atoms. The number of aryl methyl sites for hydroxylation is 1. The molecule has 0 aliphatic carbocycles. The summed E-state index contributed by atoms with van der Waals surface area (Å²) in [7, 11) is 1.67. The molecule has 1 fully saturated rings. The molecule has 3 aromatic rings. The fourth-order valence-electron chi connectivity index (χ4n) is 3.45. The first-order valence-corrected chi connectivity index (χ1v) is 9.00. The van der Waals surface area contributed by atoms with Crippen molar-refractivity contribution in [3.8, 4) is 23.0 Å². The third kappa shape index (κ3) is 3.06. The zero-order chi connectivity index (χ0) is 19.9. The van der Waals surface area contributed by atoms with Crippen LogP contribution in [0.4, 0.5) is 5.82 Å². The number of nitrogen functional groups attached to an aromatic ring is 1. The lowest BCUT2D eigenvalue weighted by Crippen LogP contribution is -2.37. The average molecular weight is 372 g/mol. The van der Waals surface area contributed by atoms with Crippen LogP contribution in [-0.2, 0) is 4.79 Å². The number of anilines is 1. The smallest absolute Gasteiger partial charge is 0.267 e. The van der Waals surface area contributed by atoms with Gasteiger partial charge < -0.3 is 15.7 Å². The zero-order valence-corrected chi connectivity index (χ0v) is 15.7. The second-order valence-electron chi connectivity index (χ2n) is 7.12. The van der Waals surface area contributed by atoms with E-state index in [1.807, 2.05) is 43.3 Å². The number of aliphatic hydroxyl groups is 1. The number of benzene rings is 2. The molecule has 1 aliphatic heterocycles. The number of fused-ring (bicyclic) bond motifs is 1. The number of amides is 1. The molecule has 140 valence electrons. The van der Waals surface area contributed by atoms with E-state index in [-0.39, 0.29) is 5.91 Å². The first kappa shape index (κ1) is 18.0. The highest BCUT2D eigenvalue weighted by molar-refractivity contribution is 5.94. The molecule has 1 saturated heterocycles. The van der Waals surface area contributed by atoms with Gasteiger partial charge in [-0.05, 0) is 47.9 Å². The van der Waals surface area contributed by atoms with Gasteiger partial charge in [0.15, 0.2) is 0 Å². The van der Waals surface area contributed by atoms with E-state index >= 15 is 0 Å². The fraction of sp³-hybridized carbons (Fsp3) is 0.227. The zero-order valence-electron chi connectivity index (χ0n) is 15.7. The van der Waals surface area contributed by atoms with E-state index in [0.29, 0.717) is 18.8 Å². The maximum atomic E-state index is 12.1. The number of likely N-dealkylation sites (tertiary alicyclic amines) is 1. The third-order valence-corrected chi connectivity index (χ3v) is 5.08. The van der Waals surface area contributed by atoms with Crippen molar-refractivity contribution in [3.63, 3.8) is 0 Å². The van der Waals surface area contributed by atoms with Crippen molar-refractivity contribution in [2.75, 3.05) is 19.3 Å². The van der Waals surface area contributed by atoms with Crippen LogP contribution in [0.25, 0.3) is 22.0 Å². The van der Waals surface area contributed by atoms with E-state index < -0.39 is 5.60 Å². The molecule has 0 radical (unpaired) electrons. The van der Waals surface area contributed by atoms with Gasteiger partial charge >= 0.3 is 0 Å². The Balaban J connectivity index is 1.73. The highest BCUT2D eigenvalue weighted by Gasteiger charge is 2.42. The summed E-state index contributed by atoms with van der Waals surface area (Å²) in [6.45, 7) is 2.49. The molecule has 0 saturated carbocycles. The predicted octanol–water partition coefficient (Wildman–Crippen LogP) is 2.13. The molecule has 1 aliphatic rings. The topological polar surface area (TPSA) is 92.3 Å². The molecule has 1 atom stereocenters. The standard InChI is InChI=1S/C22H20N4O2/c1-14-10-17(12-18-19(14)24-13-25-20(18)23)16-5-3-4-15(11-16)6-7-22(28)8-9-26(2)21(22)27/h3-5,10-13,28H,8-9H2,1-2H3,(H2,23,24,25)/t22-/m0/s1. The number of nitrogens with zero attached hydrogens (tertiary/aromatic N) is 3. The summed E-state index contributed by atoms with van der Waals surface area (Å²) in [5.74, 6) is 5.80. The fourth-order valence-corrected chi connectivity index (χ4v) is 3.45. The number of carbonyl (C=O) groups is 1. The highest BCUT2D eigenvalue weighted by Crippen LogP contribution is 2.29. The Bertz CT molecular complexity index is 1160. The first-order valence-electron chi connectivity index (χ1n) is 9.00. The Hall–Kier alpha value is -3.43. The number of likely N-dealkylation sites (N-methyl/N-ethyl adjacent to an activating group) is 1. The Morgan fingerprint density at radius 1 is 1.21 bits per heavy atom. The Morgan fingerprint density at radius 2 is 2.04 bits per heavy atom. The van der Waals surface area contributed by atoms with E-state index in [0.717, 1.165) is 33.2 Å². The molecule has 0 spiro atoms. The third-order valence-electron chi connectivity index (χ3n) is 5.08. The molecule has 1 amide bonds. The summed E-state index contributed by atoms with van der Waals surface area (Å²) in [4.78, 5) is 22.0. The maximum absolute atomic E-state index is 12.1. The van der Waals surface area contributed by atoms with Crippen LogP contribution in [0, 0.1) is 18.8 Å². The molecule has 6 nitrogen and oxygen atoms in total. The quantitative estimate of drug-likeness (QED) is 0.639. The molecule has 3 N–H and O–H groups in total. The summed E-state index contributed by atoms with van der Waals surface area (Å²) in [5.41, 5.74) is 8.92. The number of rotatable bonds is 1. The van der Waals surface area contributed by atoms with Crippen LogP contribution >= 0.6 is 0 Å². The van der Waals surface area contributed by atoms with Gasteiger partial charge in [0.25, 0.3) is 5.91 Å². The van der Waals surface area contributed by atoms with Crippen molar-refractivity contribution in [2.24, 2.45) is 0 Å². The van der Waals surface area contributed by atoms with Crippen molar-refractivity contribution < 1.29 is 9.90 Å². The van der Waals surface area contributed by atoms with E-state index in [9.17, 15) is 9.90 Å². The molecule has 2 aromatic carbocycles. The number of hydrogen-bond donors (Lipinski definition) is 2. The minimum atomic E-state index is -1.60. The van der Waals surface area contributed by atoms with Gasteiger partial charge in [0.2, 0.25) is 5.60 Å². The summed E-state index contributed by atoms with van der Waals surface area (Å²) in [6, 6.07) is 11.7. The Kier molecular flexibility index (Phi) is 4.25.